The molecule has 0 amide bonds. The second-order valence-electron chi connectivity index (χ2n) is 5.28. The number of Topliss-reactive ketones (excluding diaryl/α,β-unsaturated/α-hetero) is 1. The molecule has 0 spiro atoms. The number of hydrogen-bond acceptors (Lipinski definition) is 3. The lowest BCUT2D eigenvalue weighted by molar-refractivity contribution is 0.0705. The molecule has 106 valence electrons. The van der Waals surface area contributed by atoms with Gasteiger partial charge in [-0.1, -0.05) is 25.4 Å². The highest BCUT2D eigenvalue weighted by Gasteiger charge is 2.40. The van der Waals surface area contributed by atoms with Gasteiger partial charge in [0.05, 0.1) is 11.2 Å². The first-order chi connectivity index (χ1) is 9.14. The Morgan fingerprint density at radius 1 is 1.47 bits per heavy atom. The molecule has 19 heavy (non-hydrogen) atoms. The summed E-state index contributed by atoms with van der Waals surface area (Å²) in [5.74, 6) is 0.174. The summed E-state index contributed by atoms with van der Waals surface area (Å²) >= 11 is 6.19. The minimum atomic E-state index is -0.263. The maximum absolute atomic E-state index is 13.0. The Morgan fingerprint density at radius 2 is 2.16 bits per heavy atom. The van der Waals surface area contributed by atoms with Crippen molar-refractivity contribution in [3.05, 3.63) is 16.9 Å². The van der Waals surface area contributed by atoms with Crippen molar-refractivity contribution in [3.8, 4) is 0 Å². The Morgan fingerprint density at radius 3 is 2.74 bits per heavy atom. The highest BCUT2D eigenvalue weighted by atomic mass is 35.5. The number of nitrogens with one attached hydrogen (secondary N) is 1. The zero-order valence-corrected chi connectivity index (χ0v) is 12.5. The molecule has 1 aliphatic rings. The minimum Gasteiger partial charge on any atom is -0.317 e. The van der Waals surface area contributed by atoms with Gasteiger partial charge in [-0.15, -0.1) is 0 Å². The molecule has 5 heteroatoms. The van der Waals surface area contributed by atoms with Crippen LogP contribution in [0.4, 0.5) is 0 Å². The lowest BCUT2D eigenvalue weighted by atomic mass is 9.72. The molecule has 1 aliphatic heterocycles. The summed E-state index contributed by atoms with van der Waals surface area (Å²) in [7, 11) is 0. The van der Waals surface area contributed by atoms with Gasteiger partial charge in [-0.3, -0.25) is 9.48 Å². The average molecular weight is 284 g/mol. The normalized spacial score (nSPS) is 18.5. The number of aryl methyl sites for hydroxylation is 1. The van der Waals surface area contributed by atoms with Crippen molar-refractivity contribution >= 4 is 17.4 Å². The summed E-state index contributed by atoms with van der Waals surface area (Å²) in [5.41, 5.74) is 0.340. The van der Waals surface area contributed by atoms with Crippen LogP contribution in [0.25, 0.3) is 0 Å². The summed E-state index contributed by atoms with van der Waals surface area (Å²) in [6.07, 6.45) is 5.17. The Hall–Kier alpha value is -0.870. The van der Waals surface area contributed by atoms with Gasteiger partial charge in [0.25, 0.3) is 0 Å². The van der Waals surface area contributed by atoms with E-state index in [1.165, 1.54) is 0 Å². The molecular weight excluding hydrogens is 262 g/mol. The molecule has 1 N–H and O–H groups in total. The average Bonchev–Trinajstić information content (AvgIpc) is 2.80. The van der Waals surface area contributed by atoms with Crippen LogP contribution < -0.4 is 5.32 Å². The lowest BCUT2D eigenvalue weighted by Gasteiger charge is -2.35. The Labute approximate surface area is 119 Å². The number of aromatic nitrogens is 2. The number of halogens is 1. The molecule has 1 aromatic rings. The second kappa shape index (κ2) is 6.06. The molecule has 0 saturated carbocycles. The van der Waals surface area contributed by atoms with Gasteiger partial charge in [0.1, 0.15) is 5.69 Å². The highest BCUT2D eigenvalue weighted by Crippen LogP contribution is 2.37. The second-order valence-corrected chi connectivity index (χ2v) is 5.68. The summed E-state index contributed by atoms with van der Waals surface area (Å²) in [6, 6.07) is 0. The van der Waals surface area contributed by atoms with E-state index in [9.17, 15) is 4.79 Å². The van der Waals surface area contributed by atoms with E-state index in [4.69, 9.17) is 11.6 Å². The summed E-state index contributed by atoms with van der Waals surface area (Å²) in [5, 5.41) is 8.05. The fourth-order valence-electron chi connectivity index (χ4n) is 2.87. The third-order valence-electron chi connectivity index (χ3n) is 4.16. The van der Waals surface area contributed by atoms with Gasteiger partial charge < -0.3 is 5.32 Å². The van der Waals surface area contributed by atoms with Crippen molar-refractivity contribution in [1.82, 2.24) is 15.1 Å². The number of carbonyl (C=O) groups is 1. The quantitative estimate of drug-likeness (QED) is 0.845. The van der Waals surface area contributed by atoms with Crippen molar-refractivity contribution in [2.75, 3.05) is 13.1 Å². The molecule has 1 saturated heterocycles. The van der Waals surface area contributed by atoms with Crippen LogP contribution in [0.2, 0.25) is 5.02 Å². The van der Waals surface area contributed by atoms with Crippen LogP contribution in [-0.2, 0) is 6.54 Å². The van der Waals surface area contributed by atoms with Crippen LogP contribution in [0.3, 0.4) is 0 Å². The smallest absolute Gasteiger partial charge is 0.188 e. The number of ketones is 1. The number of piperidine rings is 1. The molecule has 0 bridgehead atoms. The van der Waals surface area contributed by atoms with Crippen molar-refractivity contribution in [2.24, 2.45) is 5.41 Å². The SMILES string of the molecule is CCCn1ncc(Cl)c1C(=O)C1(CC)CCNCC1. The van der Waals surface area contributed by atoms with Crippen LogP contribution in [0.5, 0.6) is 0 Å². The summed E-state index contributed by atoms with van der Waals surface area (Å²) in [6.45, 7) is 6.71. The number of hydrogen-bond donors (Lipinski definition) is 1. The molecule has 1 fully saturated rings. The predicted octanol–water partition coefficient (Wildman–Crippen LogP) is 2.91. The van der Waals surface area contributed by atoms with Crippen LogP contribution >= 0.6 is 11.6 Å². The van der Waals surface area contributed by atoms with Gasteiger partial charge in [0.15, 0.2) is 5.78 Å². The molecule has 0 unspecified atom stereocenters. The van der Waals surface area contributed by atoms with Gasteiger partial charge in [-0.2, -0.15) is 5.10 Å². The Bertz CT molecular complexity index is 450. The maximum atomic E-state index is 13.0. The first-order valence-electron chi connectivity index (χ1n) is 7.11. The van der Waals surface area contributed by atoms with Crippen molar-refractivity contribution in [2.45, 2.75) is 46.1 Å². The zero-order valence-electron chi connectivity index (χ0n) is 11.7. The van der Waals surface area contributed by atoms with Crippen molar-refractivity contribution < 1.29 is 4.79 Å². The molecule has 4 nitrogen and oxygen atoms in total. The van der Waals surface area contributed by atoms with E-state index in [1.54, 1.807) is 10.9 Å². The predicted molar refractivity (Wildman–Crippen MR) is 76.7 cm³/mol. The number of nitrogens with zero attached hydrogens (tertiary/aromatic N) is 2. The van der Waals surface area contributed by atoms with Gasteiger partial charge in [0.2, 0.25) is 0 Å². The lowest BCUT2D eigenvalue weighted by Crippen LogP contribution is -2.42. The molecule has 1 aromatic heterocycles. The van der Waals surface area contributed by atoms with Crippen LogP contribution in [0.15, 0.2) is 6.20 Å². The molecular formula is C14H22ClN3O. The Balaban J connectivity index is 2.34. The van der Waals surface area contributed by atoms with E-state index in [0.29, 0.717) is 10.7 Å². The van der Waals surface area contributed by atoms with Crippen LogP contribution in [-0.4, -0.2) is 28.7 Å². The molecule has 0 atom stereocenters. The van der Waals surface area contributed by atoms with E-state index < -0.39 is 0 Å². The first kappa shape index (κ1) is 14.5. The van der Waals surface area contributed by atoms with Crippen LogP contribution in [0.1, 0.15) is 50.0 Å². The standard InChI is InChI=1S/C14H22ClN3O/c1-3-9-18-12(11(15)10-17-18)13(19)14(4-2)5-7-16-8-6-14/h10,16H,3-9H2,1-2H3. The topological polar surface area (TPSA) is 46.9 Å². The van der Waals surface area contributed by atoms with Gasteiger partial charge in [0, 0.05) is 12.0 Å². The van der Waals surface area contributed by atoms with E-state index in [1.807, 2.05) is 0 Å². The van der Waals surface area contributed by atoms with Crippen molar-refractivity contribution in [3.63, 3.8) is 0 Å². The van der Waals surface area contributed by atoms with Gasteiger partial charge >= 0.3 is 0 Å². The van der Waals surface area contributed by atoms with E-state index in [-0.39, 0.29) is 11.2 Å². The summed E-state index contributed by atoms with van der Waals surface area (Å²) < 4.78 is 1.77. The monoisotopic (exact) mass is 283 g/mol. The van der Waals surface area contributed by atoms with E-state index >= 15 is 0 Å². The van der Waals surface area contributed by atoms with Crippen molar-refractivity contribution in [1.29, 1.82) is 0 Å². The first-order valence-corrected chi connectivity index (χ1v) is 7.49. The van der Waals surface area contributed by atoms with Gasteiger partial charge in [-0.05, 0) is 38.8 Å². The van der Waals surface area contributed by atoms with Crippen LogP contribution in [0, 0.1) is 5.41 Å². The molecule has 0 radical (unpaired) electrons. The third kappa shape index (κ3) is 2.70. The molecule has 2 rings (SSSR count). The zero-order chi connectivity index (χ0) is 13.9. The minimum absolute atomic E-state index is 0.174. The fraction of sp³-hybridized carbons (Fsp3) is 0.714. The summed E-state index contributed by atoms with van der Waals surface area (Å²) in [4.78, 5) is 13.0. The third-order valence-corrected chi connectivity index (χ3v) is 4.44. The van der Waals surface area contributed by atoms with E-state index in [2.05, 4.69) is 24.3 Å². The van der Waals surface area contributed by atoms with E-state index in [0.717, 1.165) is 45.3 Å². The largest absolute Gasteiger partial charge is 0.317 e. The fourth-order valence-corrected chi connectivity index (χ4v) is 3.09. The number of rotatable bonds is 5. The molecule has 2 heterocycles. The van der Waals surface area contributed by atoms with Gasteiger partial charge in [-0.25, -0.2) is 0 Å². The Kier molecular flexibility index (Phi) is 4.63. The molecule has 0 aromatic carbocycles. The highest BCUT2D eigenvalue weighted by molar-refractivity contribution is 6.33. The number of carbonyl (C=O) groups excluding carboxylic acids is 1. The maximum Gasteiger partial charge on any atom is 0.188 e. The molecule has 0 aliphatic carbocycles.